The van der Waals surface area contributed by atoms with E-state index in [1.54, 1.807) is 42.9 Å². The van der Waals surface area contributed by atoms with Gasteiger partial charge >= 0.3 is 0 Å². The van der Waals surface area contributed by atoms with Crippen LogP contribution < -0.4 is 16.2 Å². The molecule has 7 nitrogen and oxygen atoms in total. The van der Waals surface area contributed by atoms with Gasteiger partial charge in [0.2, 0.25) is 5.91 Å². The van der Waals surface area contributed by atoms with Crippen molar-refractivity contribution in [1.82, 2.24) is 9.36 Å². The Morgan fingerprint density at radius 2 is 1.19 bits per heavy atom. The van der Waals surface area contributed by atoms with Gasteiger partial charge in [-0.25, -0.2) is 4.68 Å². The maximum atomic E-state index is 13.1. The van der Waals surface area contributed by atoms with Crippen molar-refractivity contribution in [3.05, 3.63) is 76.2 Å². The number of carbonyl (C=O) groups excluding carboxylic acids is 2. The summed E-state index contributed by atoms with van der Waals surface area (Å²) in [6.45, 7) is 4.07. The average Bonchev–Trinajstić information content (AvgIpc) is 3.22. The molecule has 0 aliphatic heterocycles. The van der Waals surface area contributed by atoms with Crippen LogP contribution in [0.3, 0.4) is 0 Å². The van der Waals surface area contributed by atoms with Crippen LogP contribution in [0.4, 0.5) is 11.4 Å². The number of aromatic nitrogens is 2. The van der Waals surface area contributed by atoms with E-state index in [-0.39, 0.29) is 23.1 Å². The molecule has 1 aromatic heterocycles. The molecule has 0 aliphatic carbocycles. The van der Waals surface area contributed by atoms with E-state index in [9.17, 15) is 14.4 Å². The van der Waals surface area contributed by atoms with Gasteiger partial charge in [0.05, 0.1) is 11.4 Å². The number of carbonyl (C=O) groups is 2. The molecule has 3 rings (SSSR count). The Morgan fingerprint density at radius 1 is 0.674 bits per heavy atom. The van der Waals surface area contributed by atoms with Gasteiger partial charge in [-0.05, 0) is 49.7 Å². The van der Waals surface area contributed by atoms with Gasteiger partial charge < -0.3 is 10.6 Å². The molecular weight excluding hydrogens is 536 g/mol. The summed E-state index contributed by atoms with van der Waals surface area (Å²) in [4.78, 5) is 38.4. The Labute approximate surface area is 258 Å². The second-order valence-electron chi connectivity index (χ2n) is 11.7. The van der Waals surface area contributed by atoms with Crippen molar-refractivity contribution >= 4 is 23.2 Å². The first kappa shape index (κ1) is 33.9. The van der Waals surface area contributed by atoms with Crippen LogP contribution in [0.2, 0.25) is 0 Å². The van der Waals surface area contributed by atoms with Crippen molar-refractivity contribution in [2.75, 3.05) is 10.6 Å². The molecule has 0 radical (unpaired) electrons. The lowest BCUT2D eigenvalue weighted by molar-refractivity contribution is -0.116. The van der Waals surface area contributed by atoms with E-state index >= 15 is 0 Å². The zero-order valence-electron chi connectivity index (χ0n) is 26.6. The predicted octanol–water partition coefficient (Wildman–Crippen LogP) is 8.94. The highest BCUT2D eigenvalue weighted by atomic mass is 16.2. The summed E-state index contributed by atoms with van der Waals surface area (Å²) in [7, 11) is 1.79. The van der Waals surface area contributed by atoms with Gasteiger partial charge in [0, 0.05) is 24.7 Å². The molecule has 7 heteroatoms. The van der Waals surface area contributed by atoms with Crippen molar-refractivity contribution in [3.63, 3.8) is 0 Å². The highest BCUT2D eigenvalue weighted by molar-refractivity contribution is 6.05. The molecule has 2 aromatic carbocycles. The normalized spacial score (nSPS) is 11.0. The number of amides is 2. The SMILES string of the molecule is CCCCCCCCCCCCCCCCCC(=O)Nc1ccc(C(=O)Nc2c(C)n(C)n(-c3ccccc3)c2=O)cc1. The standard InChI is InChI=1S/C36H52N4O3/c1-4-5-6-7-8-9-10-11-12-13-14-15-16-17-21-24-33(41)37-31-27-25-30(26-28-31)35(42)38-34-29(2)39(3)40(36(34)43)32-22-19-18-20-23-32/h18-20,22-23,25-28H,4-17,21,24H2,1-3H3,(H,37,41)(H,38,42). The third-order valence-electron chi connectivity index (χ3n) is 8.23. The molecule has 0 saturated heterocycles. The van der Waals surface area contributed by atoms with Crippen LogP contribution in [0, 0.1) is 6.92 Å². The van der Waals surface area contributed by atoms with Gasteiger partial charge in [0.1, 0.15) is 5.69 Å². The second-order valence-corrected chi connectivity index (χ2v) is 11.7. The summed E-state index contributed by atoms with van der Waals surface area (Å²) in [6.07, 6.45) is 20.0. The number of benzene rings is 2. The van der Waals surface area contributed by atoms with Gasteiger partial charge in [-0.15, -0.1) is 0 Å². The first-order valence-corrected chi connectivity index (χ1v) is 16.5. The Kier molecular flexibility index (Phi) is 14.8. The van der Waals surface area contributed by atoms with E-state index in [0.29, 0.717) is 23.4 Å². The minimum atomic E-state index is -0.373. The fourth-order valence-electron chi connectivity index (χ4n) is 5.48. The van der Waals surface area contributed by atoms with Gasteiger partial charge in [0.15, 0.2) is 0 Å². The molecule has 0 unspecified atom stereocenters. The van der Waals surface area contributed by atoms with E-state index in [1.807, 2.05) is 30.3 Å². The first-order chi connectivity index (χ1) is 20.9. The maximum absolute atomic E-state index is 13.1. The number of anilines is 2. The fourth-order valence-corrected chi connectivity index (χ4v) is 5.48. The molecule has 0 saturated carbocycles. The van der Waals surface area contributed by atoms with Crippen molar-refractivity contribution < 1.29 is 9.59 Å². The zero-order valence-corrected chi connectivity index (χ0v) is 26.6. The zero-order chi connectivity index (χ0) is 30.9. The molecule has 0 spiro atoms. The van der Waals surface area contributed by atoms with Crippen LogP contribution in [-0.4, -0.2) is 21.2 Å². The number of nitrogens with one attached hydrogen (secondary N) is 2. The lowest BCUT2D eigenvalue weighted by Crippen LogP contribution is -2.23. The minimum Gasteiger partial charge on any atom is -0.326 e. The molecule has 1 heterocycles. The molecule has 234 valence electrons. The Hall–Kier alpha value is -3.61. The molecular formula is C36H52N4O3. The lowest BCUT2D eigenvalue weighted by Gasteiger charge is -2.08. The number of rotatable bonds is 20. The van der Waals surface area contributed by atoms with Crippen LogP contribution in [0.15, 0.2) is 59.4 Å². The number of nitrogens with zero attached hydrogens (tertiary/aromatic N) is 2. The average molecular weight is 589 g/mol. The van der Waals surface area contributed by atoms with Crippen LogP contribution in [0.25, 0.3) is 5.69 Å². The molecule has 0 aliphatic rings. The quantitative estimate of drug-likeness (QED) is 0.129. The van der Waals surface area contributed by atoms with Crippen LogP contribution >= 0.6 is 0 Å². The number of hydrogen-bond donors (Lipinski definition) is 2. The Balaban J connectivity index is 1.30. The van der Waals surface area contributed by atoms with Crippen molar-refractivity contribution in [2.45, 2.75) is 117 Å². The van der Waals surface area contributed by atoms with E-state index in [1.165, 1.54) is 88.2 Å². The molecule has 2 N–H and O–H groups in total. The molecule has 2 amide bonds. The van der Waals surface area contributed by atoms with Crippen LogP contribution in [-0.2, 0) is 11.8 Å². The highest BCUT2D eigenvalue weighted by Crippen LogP contribution is 2.17. The van der Waals surface area contributed by atoms with Crippen LogP contribution in [0.1, 0.15) is 126 Å². The maximum Gasteiger partial charge on any atom is 0.295 e. The lowest BCUT2D eigenvalue weighted by atomic mass is 10.0. The Bertz CT molecular complexity index is 1310. The third kappa shape index (κ3) is 11.2. The summed E-state index contributed by atoms with van der Waals surface area (Å²) < 4.78 is 3.26. The third-order valence-corrected chi connectivity index (χ3v) is 8.23. The molecule has 0 atom stereocenters. The molecule has 43 heavy (non-hydrogen) atoms. The first-order valence-electron chi connectivity index (χ1n) is 16.5. The molecule has 0 fully saturated rings. The van der Waals surface area contributed by atoms with Gasteiger partial charge in [-0.3, -0.25) is 19.1 Å². The summed E-state index contributed by atoms with van der Waals surface area (Å²) >= 11 is 0. The van der Waals surface area contributed by atoms with E-state index in [4.69, 9.17) is 0 Å². The van der Waals surface area contributed by atoms with Crippen LogP contribution in [0.5, 0.6) is 0 Å². The minimum absolute atomic E-state index is 0.00623. The predicted molar refractivity (Wildman–Crippen MR) is 178 cm³/mol. The van der Waals surface area contributed by atoms with Gasteiger partial charge in [-0.1, -0.05) is 115 Å². The highest BCUT2D eigenvalue weighted by Gasteiger charge is 2.19. The summed E-state index contributed by atoms with van der Waals surface area (Å²) in [5.41, 5.74) is 2.41. The van der Waals surface area contributed by atoms with Gasteiger partial charge in [0.25, 0.3) is 11.5 Å². The topological polar surface area (TPSA) is 85.1 Å². The number of para-hydroxylation sites is 1. The van der Waals surface area contributed by atoms with Crippen molar-refractivity contribution in [1.29, 1.82) is 0 Å². The fraction of sp³-hybridized carbons (Fsp3) is 0.528. The largest absolute Gasteiger partial charge is 0.326 e. The Morgan fingerprint density at radius 3 is 1.72 bits per heavy atom. The van der Waals surface area contributed by atoms with Gasteiger partial charge in [-0.2, -0.15) is 0 Å². The van der Waals surface area contributed by atoms with E-state index in [0.717, 1.165) is 18.5 Å². The molecule has 3 aromatic rings. The summed E-state index contributed by atoms with van der Waals surface area (Å²) in [5, 5.41) is 5.70. The summed E-state index contributed by atoms with van der Waals surface area (Å²) in [5.74, 6) is -0.380. The second kappa shape index (κ2) is 18.8. The molecule has 0 bridgehead atoms. The monoisotopic (exact) mass is 588 g/mol. The van der Waals surface area contributed by atoms with E-state index in [2.05, 4.69) is 17.6 Å². The number of unbranched alkanes of at least 4 members (excludes halogenated alkanes) is 14. The van der Waals surface area contributed by atoms with Crippen molar-refractivity contribution in [2.24, 2.45) is 7.05 Å². The number of hydrogen-bond acceptors (Lipinski definition) is 3. The summed E-state index contributed by atoms with van der Waals surface area (Å²) in [6, 6.07) is 16.1. The van der Waals surface area contributed by atoms with Crippen molar-refractivity contribution in [3.8, 4) is 5.69 Å². The van der Waals surface area contributed by atoms with E-state index < -0.39 is 0 Å². The smallest absolute Gasteiger partial charge is 0.295 e.